The van der Waals surface area contributed by atoms with Crippen LogP contribution in [0.3, 0.4) is 0 Å². The Hall–Kier alpha value is -0.200. The minimum absolute atomic E-state index is 0.524. The summed E-state index contributed by atoms with van der Waals surface area (Å²) in [6, 6.07) is 0. The fourth-order valence-electron chi connectivity index (χ4n) is 2.35. The average Bonchev–Trinajstić information content (AvgIpc) is 2.75. The van der Waals surface area contributed by atoms with Crippen LogP contribution in [-0.4, -0.2) is 65.7 Å². The lowest BCUT2D eigenvalue weighted by atomic mass is 10.1. The third-order valence-electron chi connectivity index (χ3n) is 3.67. The van der Waals surface area contributed by atoms with Gasteiger partial charge in [-0.1, -0.05) is 34.1 Å². The molecule has 0 aliphatic carbocycles. The zero-order chi connectivity index (χ0) is 18.3. The SMILES string of the molecule is C1CCNCC1.C1COCCN1.CC.CC.COC1CCNCC1. The van der Waals surface area contributed by atoms with E-state index >= 15 is 0 Å². The largest absolute Gasteiger partial charge is 0.381 e. The average molecular weight is 348 g/mol. The first kappa shape index (κ1) is 26.0. The molecule has 3 N–H and O–H groups in total. The van der Waals surface area contributed by atoms with E-state index in [0.29, 0.717) is 6.10 Å². The van der Waals surface area contributed by atoms with Crippen LogP contribution in [0.2, 0.25) is 0 Å². The molecule has 0 unspecified atom stereocenters. The number of hydrogen-bond donors (Lipinski definition) is 3. The van der Waals surface area contributed by atoms with Crippen molar-refractivity contribution >= 4 is 0 Å². The van der Waals surface area contributed by atoms with E-state index in [-0.39, 0.29) is 0 Å². The van der Waals surface area contributed by atoms with Crippen LogP contribution in [0.25, 0.3) is 0 Å². The van der Waals surface area contributed by atoms with E-state index < -0.39 is 0 Å². The summed E-state index contributed by atoms with van der Waals surface area (Å²) in [6.45, 7) is 16.6. The van der Waals surface area contributed by atoms with Gasteiger partial charge in [0, 0.05) is 20.2 Å². The van der Waals surface area contributed by atoms with E-state index in [0.717, 1.165) is 39.4 Å². The molecule has 0 aromatic rings. The summed E-state index contributed by atoms with van der Waals surface area (Å²) in [5.41, 5.74) is 0. The van der Waals surface area contributed by atoms with E-state index in [2.05, 4.69) is 16.0 Å². The Morgan fingerprint density at radius 2 is 1.12 bits per heavy atom. The molecule has 0 bridgehead atoms. The van der Waals surface area contributed by atoms with E-state index in [1.54, 1.807) is 7.11 Å². The molecule has 0 aromatic heterocycles. The lowest BCUT2D eigenvalue weighted by Gasteiger charge is -2.20. The van der Waals surface area contributed by atoms with Crippen LogP contribution in [0.5, 0.6) is 0 Å². The van der Waals surface area contributed by atoms with Gasteiger partial charge < -0.3 is 25.4 Å². The molecule has 3 saturated heterocycles. The lowest BCUT2D eigenvalue weighted by molar-refractivity contribution is 0.0765. The minimum atomic E-state index is 0.524. The molecule has 0 aromatic carbocycles. The van der Waals surface area contributed by atoms with Crippen molar-refractivity contribution in [1.82, 2.24) is 16.0 Å². The molecule has 148 valence electrons. The Bertz CT molecular complexity index is 158. The summed E-state index contributed by atoms with van der Waals surface area (Å²) < 4.78 is 10.2. The summed E-state index contributed by atoms with van der Waals surface area (Å²) in [6.07, 6.45) is 7.09. The standard InChI is InChI=1S/C6H13NO.C5H11N.C4H9NO.2C2H6/c1-8-6-2-4-7-5-3-6;1-2-4-6-5-3-1;1-3-6-4-2-5-1;2*1-2/h6-7H,2-5H2,1H3;6H,1-5H2;5H,1-4H2;2*1-2H3. The van der Waals surface area contributed by atoms with Crippen LogP contribution < -0.4 is 16.0 Å². The summed E-state index contributed by atoms with van der Waals surface area (Å²) in [7, 11) is 1.79. The van der Waals surface area contributed by atoms with Gasteiger partial charge in [-0.2, -0.15) is 0 Å². The van der Waals surface area contributed by atoms with E-state index in [4.69, 9.17) is 9.47 Å². The summed E-state index contributed by atoms with van der Waals surface area (Å²) in [5, 5.41) is 9.71. The Morgan fingerprint density at radius 3 is 1.33 bits per heavy atom. The molecule has 0 atom stereocenters. The monoisotopic (exact) mass is 347 g/mol. The molecule has 3 heterocycles. The molecule has 5 nitrogen and oxygen atoms in total. The van der Waals surface area contributed by atoms with Crippen molar-refractivity contribution in [1.29, 1.82) is 0 Å². The van der Waals surface area contributed by atoms with Crippen molar-refractivity contribution in [3.05, 3.63) is 0 Å². The van der Waals surface area contributed by atoms with Crippen molar-refractivity contribution < 1.29 is 9.47 Å². The number of rotatable bonds is 1. The molecule has 3 aliphatic heterocycles. The van der Waals surface area contributed by atoms with Gasteiger partial charge in [0.05, 0.1) is 19.3 Å². The molecule has 0 spiro atoms. The van der Waals surface area contributed by atoms with Gasteiger partial charge in [-0.3, -0.25) is 0 Å². The second-order valence-electron chi connectivity index (χ2n) is 5.36. The van der Waals surface area contributed by atoms with Gasteiger partial charge in [-0.15, -0.1) is 0 Å². The van der Waals surface area contributed by atoms with Crippen LogP contribution in [0.4, 0.5) is 0 Å². The quantitative estimate of drug-likeness (QED) is 0.681. The maximum Gasteiger partial charge on any atom is 0.0595 e. The number of hydrogen-bond acceptors (Lipinski definition) is 5. The van der Waals surface area contributed by atoms with Crippen molar-refractivity contribution in [3.63, 3.8) is 0 Å². The van der Waals surface area contributed by atoms with E-state index in [1.165, 1.54) is 45.2 Å². The van der Waals surface area contributed by atoms with Gasteiger partial charge in [0.1, 0.15) is 0 Å². The van der Waals surface area contributed by atoms with Crippen LogP contribution in [0, 0.1) is 0 Å². The maximum atomic E-state index is 5.15. The second kappa shape index (κ2) is 25.0. The van der Waals surface area contributed by atoms with Gasteiger partial charge in [-0.25, -0.2) is 0 Å². The molecule has 3 rings (SSSR count). The fourth-order valence-corrected chi connectivity index (χ4v) is 2.35. The maximum absolute atomic E-state index is 5.15. The van der Waals surface area contributed by atoms with Gasteiger partial charge in [0.2, 0.25) is 0 Å². The summed E-state index contributed by atoms with van der Waals surface area (Å²) >= 11 is 0. The van der Waals surface area contributed by atoms with Crippen LogP contribution in [0.15, 0.2) is 0 Å². The Balaban J connectivity index is 0. The van der Waals surface area contributed by atoms with E-state index in [9.17, 15) is 0 Å². The van der Waals surface area contributed by atoms with E-state index in [1.807, 2.05) is 27.7 Å². The fraction of sp³-hybridized carbons (Fsp3) is 1.00. The van der Waals surface area contributed by atoms with Crippen molar-refractivity contribution in [2.24, 2.45) is 0 Å². The normalized spacial score (nSPS) is 20.4. The van der Waals surface area contributed by atoms with Crippen LogP contribution >= 0.6 is 0 Å². The van der Waals surface area contributed by atoms with Crippen molar-refractivity contribution in [2.75, 3.05) is 59.6 Å². The topological polar surface area (TPSA) is 54.5 Å². The molecule has 5 heteroatoms. The van der Waals surface area contributed by atoms with Gasteiger partial charge >= 0.3 is 0 Å². The molecule has 24 heavy (non-hydrogen) atoms. The van der Waals surface area contributed by atoms with Crippen molar-refractivity contribution in [3.8, 4) is 0 Å². The highest BCUT2D eigenvalue weighted by atomic mass is 16.5. The predicted octanol–water partition coefficient (Wildman–Crippen LogP) is 2.80. The second-order valence-corrected chi connectivity index (χ2v) is 5.36. The first-order valence-electron chi connectivity index (χ1n) is 10.2. The first-order valence-corrected chi connectivity index (χ1v) is 10.2. The molecule has 3 fully saturated rings. The highest BCUT2D eigenvalue weighted by Crippen LogP contribution is 2.04. The Kier molecular flexibility index (Phi) is 27.2. The van der Waals surface area contributed by atoms with Crippen LogP contribution in [-0.2, 0) is 9.47 Å². The zero-order valence-corrected chi connectivity index (χ0v) is 17.1. The van der Waals surface area contributed by atoms with Crippen LogP contribution in [0.1, 0.15) is 59.8 Å². The Labute approximate surface area is 151 Å². The highest BCUT2D eigenvalue weighted by molar-refractivity contribution is 4.66. The summed E-state index contributed by atoms with van der Waals surface area (Å²) in [5.74, 6) is 0. The zero-order valence-electron chi connectivity index (χ0n) is 17.1. The number of piperidine rings is 2. The number of ether oxygens (including phenoxy) is 2. The molecule has 0 radical (unpaired) electrons. The van der Waals surface area contributed by atoms with Gasteiger partial charge in [0.15, 0.2) is 0 Å². The number of methoxy groups -OCH3 is 1. The number of morpholine rings is 1. The third kappa shape index (κ3) is 19.8. The Morgan fingerprint density at radius 1 is 0.667 bits per heavy atom. The van der Waals surface area contributed by atoms with Gasteiger partial charge in [-0.05, 0) is 51.9 Å². The molecule has 0 amide bonds. The highest BCUT2D eigenvalue weighted by Gasteiger charge is 2.09. The van der Waals surface area contributed by atoms with Crippen molar-refractivity contribution in [2.45, 2.75) is 65.9 Å². The predicted molar refractivity (Wildman–Crippen MR) is 106 cm³/mol. The first-order chi connectivity index (χ1) is 11.9. The lowest BCUT2D eigenvalue weighted by Crippen LogP contribution is -2.31. The van der Waals surface area contributed by atoms with Gasteiger partial charge in [0.25, 0.3) is 0 Å². The smallest absolute Gasteiger partial charge is 0.0595 e. The minimum Gasteiger partial charge on any atom is -0.381 e. The number of nitrogens with one attached hydrogen (secondary N) is 3. The molecular formula is C19H45N3O2. The third-order valence-corrected chi connectivity index (χ3v) is 3.67. The molecular weight excluding hydrogens is 302 g/mol. The molecule has 3 aliphatic rings. The molecule has 0 saturated carbocycles. The summed E-state index contributed by atoms with van der Waals surface area (Å²) in [4.78, 5) is 0.